The van der Waals surface area contributed by atoms with E-state index >= 15 is 0 Å². The minimum Gasteiger partial charge on any atom is -0.504 e. The molecule has 0 saturated carbocycles. The summed E-state index contributed by atoms with van der Waals surface area (Å²) < 4.78 is 8.05. The second-order valence-electron chi connectivity index (χ2n) is 8.41. The number of rotatable bonds is 2. The van der Waals surface area contributed by atoms with Crippen molar-refractivity contribution in [2.24, 2.45) is 7.05 Å². The molecule has 3 heterocycles. The number of nitrogens with zero attached hydrogens (tertiary/aromatic N) is 3. The van der Waals surface area contributed by atoms with Crippen molar-refractivity contribution in [1.29, 1.82) is 0 Å². The summed E-state index contributed by atoms with van der Waals surface area (Å²) in [6.45, 7) is 2.32. The van der Waals surface area contributed by atoms with Crippen LogP contribution in [0.4, 0.5) is 0 Å². The molecule has 1 aromatic heterocycles. The van der Waals surface area contributed by atoms with E-state index in [-0.39, 0.29) is 23.6 Å². The van der Waals surface area contributed by atoms with E-state index in [0.29, 0.717) is 24.3 Å². The zero-order valence-corrected chi connectivity index (χ0v) is 17.5. The average Bonchev–Trinajstić information content (AvgIpc) is 3.34. The lowest BCUT2D eigenvalue weighted by Crippen LogP contribution is -2.40. The molecule has 0 radical (unpaired) electrons. The number of benzene rings is 2. The molecule has 1 amide bonds. The van der Waals surface area contributed by atoms with Gasteiger partial charge in [0.2, 0.25) is 5.91 Å². The number of amides is 1. The van der Waals surface area contributed by atoms with Crippen molar-refractivity contribution in [3.05, 3.63) is 71.8 Å². The highest BCUT2D eigenvalue weighted by Crippen LogP contribution is 2.35. The van der Waals surface area contributed by atoms with Crippen LogP contribution in [0.1, 0.15) is 29.3 Å². The molecule has 2 N–H and O–H groups in total. The number of ether oxygens (including phenoxy) is 1. The van der Waals surface area contributed by atoms with Gasteiger partial charge in [-0.1, -0.05) is 18.2 Å². The van der Waals surface area contributed by atoms with Crippen LogP contribution in [0.2, 0.25) is 0 Å². The molecule has 0 spiro atoms. The molecule has 3 aromatic rings. The smallest absolute Gasteiger partial charge is 0.220 e. The first-order valence-corrected chi connectivity index (χ1v) is 10.6. The number of aromatic hydroxyl groups is 1. The third-order valence-electron chi connectivity index (χ3n) is 6.21. The minimum absolute atomic E-state index is 0.0142. The Morgan fingerprint density at radius 3 is 2.94 bits per heavy atom. The summed E-state index contributed by atoms with van der Waals surface area (Å²) in [4.78, 5) is 19.6. The molecule has 1 saturated heterocycles. The van der Waals surface area contributed by atoms with Gasteiger partial charge in [0.1, 0.15) is 11.6 Å². The maximum absolute atomic E-state index is 12.8. The molecule has 0 unspecified atom stereocenters. The lowest BCUT2D eigenvalue weighted by molar-refractivity contribution is -0.121. The highest BCUT2D eigenvalue weighted by molar-refractivity contribution is 5.76. The van der Waals surface area contributed by atoms with Crippen molar-refractivity contribution in [2.45, 2.75) is 31.3 Å². The van der Waals surface area contributed by atoms with Gasteiger partial charge in [0.05, 0.1) is 6.54 Å². The number of phenols is 1. The number of carbonyl (C=O) groups excluding carboxylic acids is 1. The Morgan fingerprint density at radius 2 is 2.10 bits per heavy atom. The number of fused-ring (bicyclic) bond motifs is 6. The molecule has 7 nitrogen and oxygen atoms in total. The summed E-state index contributed by atoms with van der Waals surface area (Å²) in [6, 6.07) is 13.2. The molecule has 7 heteroatoms. The van der Waals surface area contributed by atoms with Crippen molar-refractivity contribution in [3.8, 4) is 17.2 Å². The normalized spacial score (nSPS) is 21.3. The Bertz CT molecular complexity index is 1110. The van der Waals surface area contributed by atoms with E-state index in [2.05, 4.69) is 21.3 Å². The Kier molecular flexibility index (Phi) is 5.11. The predicted molar refractivity (Wildman–Crippen MR) is 116 cm³/mol. The molecule has 0 aliphatic carbocycles. The number of aryl methyl sites for hydroxylation is 2. The fourth-order valence-electron chi connectivity index (χ4n) is 4.52. The van der Waals surface area contributed by atoms with E-state index in [9.17, 15) is 9.90 Å². The van der Waals surface area contributed by atoms with E-state index in [1.807, 2.05) is 54.3 Å². The second kappa shape index (κ2) is 8.07. The Morgan fingerprint density at radius 1 is 1.19 bits per heavy atom. The van der Waals surface area contributed by atoms with Gasteiger partial charge in [0.15, 0.2) is 11.5 Å². The fourth-order valence-corrected chi connectivity index (χ4v) is 4.52. The van der Waals surface area contributed by atoms with E-state index in [4.69, 9.17) is 4.74 Å². The number of nitrogens with one attached hydrogen (secondary N) is 1. The number of hydrogen-bond acceptors (Lipinski definition) is 5. The number of phenolic OH excluding ortho intramolecular Hbond substituents is 1. The van der Waals surface area contributed by atoms with Gasteiger partial charge >= 0.3 is 0 Å². The fraction of sp³-hybridized carbons (Fsp3) is 0.333. The highest BCUT2D eigenvalue weighted by Gasteiger charge is 2.35. The van der Waals surface area contributed by atoms with Crippen LogP contribution in [0.5, 0.6) is 17.2 Å². The Hall–Kier alpha value is -3.32. The van der Waals surface area contributed by atoms with Gasteiger partial charge in [-0.2, -0.15) is 0 Å². The minimum atomic E-state index is 0.0142. The summed E-state index contributed by atoms with van der Waals surface area (Å²) >= 11 is 0. The van der Waals surface area contributed by atoms with Gasteiger partial charge < -0.3 is 19.7 Å². The molecule has 1 fully saturated rings. The van der Waals surface area contributed by atoms with E-state index < -0.39 is 0 Å². The predicted octanol–water partition coefficient (Wildman–Crippen LogP) is 2.95. The molecule has 2 aromatic carbocycles. The molecule has 2 atom stereocenters. The lowest BCUT2D eigenvalue weighted by Gasteiger charge is -2.20. The molecular weight excluding hydrogens is 392 g/mol. The number of imidazole rings is 1. The molecule has 4 bridgehead atoms. The van der Waals surface area contributed by atoms with Gasteiger partial charge in [-0.05, 0) is 41.8 Å². The van der Waals surface area contributed by atoms with Crippen molar-refractivity contribution in [3.63, 3.8) is 0 Å². The summed E-state index contributed by atoms with van der Waals surface area (Å²) in [5.41, 5.74) is 2.07. The first-order valence-electron chi connectivity index (χ1n) is 10.6. The maximum Gasteiger partial charge on any atom is 0.220 e. The van der Waals surface area contributed by atoms with Gasteiger partial charge in [-0.15, -0.1) is 0 Å². The molecule has 2 aliphatic rings. The first kappa shape index (κ1) is 19.6. The quantitative estimate of drug-likeness (QED) is 0.669. The molecule has 5 rings (SSSR count). The third kappa shape index (κ3) is 4.14. The topological polar surface area (TPSA) is 79.6 Å². The van der Waals surface area contributed by atoms with Crippen LogP contribution in [0.15, 0.2) is 54.9 Å². The Balaban J connectivity index is 1.46. The lowest BCUT2D eigenvalue weighted by atomic mass is 9.94. The van der Waals surface area contributed by atoms with E-state index in [1.54, 1.807) is 6.07 Å². The van der Waals surface area contributed by atoms with Crippen LogP contribution < -0.4 is 10.1 Å². The van der Waals surface area contributed by atoms with Gasteiger partial charge in [-0.3, -0.25) is 9.69 Å². The monoisotopic (exact) mass is 418 g/mol. The Labute approximate surface area is 181 Å². The SMILES string of the molecule is Cn1ccnc1CN1C[C@H]2NC(=O)CCc3ccc(O)c(c3)Oc3cccc(c3)[C@@H]2C1. The number of hydrogen-bond donors (Lipinski definition) is 2. The molecular formula is C24H26N4O3. The molecule has 160 valence electrons. The largest absolute Gasteiger partial charge is 0.504 e. The summed E-state index contributed by atoms with van der Waals surface area (Å²) in [5, 5.41) is 13.5. The van der Waals surface area contributed by atoms with Crippen molar-refractivity contribution >= 4 is 5.91 Å². The number of aromatic nitrogens is 2. The molecule has 31 heavy (non-hydrogen) atoms. The van der Waals surface area contributed by atoms with Gasteiger partial charge in [0.25, 0.3) is 0 Å². The van der Waals surface area contributed by atoms with Crippen molar-refractivity contribution in [1.82, 2.24) is 19.8 Å². The van der Waals surface area contributed by atoms with Crippen LogP contribution in [-0.2, 0) is 24.8 Å². The first-order chi connectivity index (χ1) is 15.0. The average molecular weight is 418 g/mol. The molecule has 2 aliphatic heterocycles. The summed E-state index contributed by atoms with van der Waals surface area (Å²) in [6.07, 6.45) is 4.75. The van der Waals surface area contributed by atoms with Gasteiger partial charge in [0, 0.05) is 50.9 Å². The van der Waals surface area contributed by atoms with Crippen molar-refractivity contribution < 1.29 is 14.6 Å². The summed E-state index contributed by atoms with van der Waals surface area (Å²) in [5.74, 6) is 2.37. The third-order valence-corrected chi connectivity index (χ3v) is 6.21. The van der Waals surface area contributed by atoms with Crippen molar-refractivity contribution in [2.75, 3.05) is 13.1 Å². The van der Waals surface area contributed by atoms with Crippen LogP contribution in [-0.4, -0.2) is 44.6 Å². The van der Waals surface area contributed by atoms with Crippen LogP contribution in [0.3, 0.4) is 0 Å². The van der Waals surface area contributed by atoms with Crippen LogP contribution in [0, 0.1) is 0 Å². The van der Waals surface area contributed by atoms with Gasteiger partial charge in [-0.25, -0.2) is 4.98 Å². The second-order valence-corrected chi connectivity index (χ2v) is 8.41. The zero-order chi connectivity index (χ0) is 21.4. The van der Waals surface area contributed by atoms with Crippen LogP contribution in [0.25, 0.3) is 0 Å². The summed E-state index contributed by atoms with van der Waals surface area (Å²) in [7, 11) is 2.00. The maximum atomic E-state index is 12.8. The zero-order valence-electron chi connectivity index (χ0n) is 17.5. The standard InChI is InChI=1S/C24H26N4O3/c1-27-10-9-25-23(27)15-28-13-19-17-3-2-4-18(12-17)31-22-11-16(5-7-21(22)29)6-8-24(30)26-20(19)14-28/h2-5,7,9-12,19-20,29H,6,8,13-15H2,1H3,(H,26,30)/t19-,20+/m0/s1. The van der Waals surface area contributed by atoms with Crippen LogP contribution >= 0.6 is 0 Å². The van der Waals surface area contributed by atoms with E-state index in [1.165, 1.54) is 0 Å². The van der Waals surface area contributed by atoms with E-state index in [0.717, 1.165) is 36.6 Å². The number of carbonyl (C=O) groups is 1. The highest BCUT2D eigenvalue weighted by atomic mass is 16.5. The number of likely N-dealkylation sites (tertiary alicyclic amines) is 1.